The van der Waals surface area contributed by atoms with E-state index >= 15 is 0 Å². The van der Waals surface area contributed by atoms with Gasteiger partial charge in [0.15, 0.2) is 0 Å². The van der Waals surface area contributed by atoms with Gasteiger partial charge in [-0.25, -0.2) is 4.98 Å². The first-order valence-electron chi connectivity index (χ1n) is 6.51. The summed E-state index contributed by atoms with van der Waals surface area (Å²) in [6.45, 7) is 2.61. The molecule has 5 nitrogen and oxygen atoms in total. The molecule has 0 aromatic carbocycles. The smallest absolute Gasteiger partial charge is 0.203 e. The SMILES string of the molecule is Cc1cc(Cn2ccnc2NC2CCCC2)no1. The molecule has 1 N–H and O–H groups in total. The van der Waals surface area contributed by atoms with Gasteiger partial charge in [0.25, 0.3) is 0 Å². The Morgan fingerprint density at radius 2 is 2.28 bits per heavy atom. The van der Waals surface area contributed by atoms with Crippen molar-refractivity contribution < 1.29 is 4.52 Å². The molecule has 2 aromatic rings. The Bertz CT molecular complexity index is 511. The summed E-state index contributed by atoms with van der Waals surface area (Å²) < 4.78 is 7.16. The third-order valence-electron chi connectivity index (χ3n) is 3.41. The molecule has 96 valence electrons. The van der Waals surface area contributed by atoms with Gasteiger partial charge in [0.05, 0.1) is 6.54 Å². The van der Waals surface area contributed by atoms with Crippen LogP contribution in [-0.2, 0) is 6.54 Å². The molecule has 2 aromatic heterocycles. The Hall–Kier alpha value is -1.78. The highest BCUT2D eigenvalue weighted by atomic mass is 16.5. The topological polar surface area (TPSA) is 55.9 Å². The van der Waals surface area contributed by atoms with E-state index < -0.39 is 0 Å². The first-order valence-corrected chi connectivity index (χ1v) is 6.51. The van der Waals surface area contributed by atoms with Crippen LogP contribution in [0, 0.1) is 6.92 Å². The summed E-state index contributed by atoms with van der Waals surface area (Å²) >= 11 is 0. The predicted octanol–water partition coefficient (Wildman–Crippen LogP) is 2.58. The second kappa shape index (κ2) is 4.84. The summed E-state index contributed by atoms with van der Waals surface area (Å²) in [5.74, 6) is 1.78. The molecular weight excluding hydrogens is 228 g/mol. The van der Waals surface area contributed by atoms with Gasteiger partial charge in [-0.15, -0.1) is 0 Å². The summed E-state index contributed by atoms with van der Waals surface area (Å²) in [6.07, 6.45) is 8.93. The number of nitrogens with zero attached hydrogens (tertiary/aromatic N) is 3. The van der Waals surface area contributed by atoms with Crippen molar-refractivity contribution in [2.45, 2.75) is 45.2 Å². The summed E-state index contributed by atoms with van der Waals surface area (Å²) in [6, 6.07) is 2.53. The zero-order valence-electron chi connectivity index (χ0n) is 10.6. The summed E-state index contributed by atoms with van der Waals surface area (Å²) in [5.41, 5.74) is 0.931. The molecule has 5 heteroatoms. The number of nitrogens with one attached hydrogen (secondary N) is 1. The number of hydrogen-bond acceptors (Lipinski definition) is 4. The molecule has 1 aliphatic carbocycles. The van der Waals surface area contributed by atoms with E-state index in [0.29, 0.717) is 12.6 Å². The van der Waals surface area contributed by atoms with Crippen molar-refractivity contribution in [3.05, 3.63) is 29.9 Å². The number of aryl methyl sites for hydroxylation is 1. The Labute approximate surface area is 106 Å². The standard InChI is InChI=1S/C13H18N4O/c1-10-8-12(16-18-10)9-17-7-6-14-13(17)15-11-4-2-3-5-11/h6-8,11H,2-5,9H2,1H3,(H,14,15). The van der Waals surface area contributed by atoms with E-state index in [1.54, 1.807) is 0 Å². The van der Waals surface area contributed by atoms with Crippen LogP contribution in [0.1, 0.15) is 37.1 Å². The largest absolute Gasteiger partial charge is 0.361 e. The molecule has 1 aliphatic rings. The minimum Gasteiger partial charge on any atom is -0.361 e. The Kier molecular flexibility index (Phi) is 3.04. The first kappa shape index (κ1) is 11.3. The van der Waals surface area contributed by atoms with Crippen LogP contribution in [0.2, 0.25) is 0 Å². The summed E-state index contributed by atoms with van der Waals surface area (Å²) in [5, 5.41) is 7.52. The van der Waals surface area contributed by atoms with Gasteiger partial charge in [-0.1, -0.05) is 18.0 Å². The molecule has 0 bridgehead atoms. The zero-order chi connectivity index (χ0) is 12.4. The van der Waals surface area contributed by atoms with Gasteiger partial charge in [-0.05, 0) is 19.8 Å². The maximum Gasteiger partial charge on any atom is 0.203 e. The van der Waals surface area contributed by atoms with E-state index in [1.807, 2.05) is 25.4 Å². The number of imidazole rings is 1. The van der Waals surface area contributed by atoms with Crippen molar-refractivity contribution in [2.24, 2.45) is 0 Å². The van der Waals surface area contributed by atoms with Gasteiger partial charge in [0, 0.05) is 24.5 Å². The Morgan fingerprint density at radius 3 is 3.00 bits per heavy atom. The lowest BCUT2D eigenvalue weighted by molar-refractivity contribution is 0.389. The van der Waals surface area contributed by atoms with Crippen LogP contribution in [0.3, 0.4) is 0 Å². The van der Waals surface area contributed by atoms with Crippen molar-refractivity contribution in [3.63, 3.8) is 0 Å². The average Bonchev–Trinajstić information content (AvgIpc) is 3.05. The number of aromatic nitrogens is 3. The lowest BCUT2D eigenvalue weighted by Crippen LogP contribution is -2.18. The molecule has 1 fully saturated rings. The van der Waals surface area contributed by atoms with Crippen LogP contribution in [0.15, 0.2) is 23.0 Å². The van der Waals surface area contributed by atoms with Crippen molar-refractivity contribution in [1.29, 1.82) is 0 Å². The maximum atomic E-state index is 5.08. The average molecular weight is 246 g/mol. The molecule has 0 spiro atoms. The van der Waals surface area contributed by atoms with Crippen molar-refractivity contribution in [1.82, 2.24) is 14.7 Å². The maximum absolute atomic E-state index is 5.08. The monoisotopic (exact) mass is 246 g/mol. The number of hydrogen-bond donors (Lipinski definition) is 1. The minimum absolute atomic E-state index is 0.574. The highest BCUT2D eigenvalue weighted by Gasteiger charge is 2.16. The number of rotatable bonds is 4. The first-order chi connectivity index (χ1) is 8.81. The molecule has 0 unspecified atom stereocenters. The van der Waals surface area contributed by atoms with E-state index in [2.05, 4.69) is 20.0 Å². The van der Waals surface area contributed by atoms with Crippen LogP contribution >= 0.6 is 0 Å². The van der Waals surface area contributed by atoms with E-state index in [4.69, 9.17) is 4.52 Å². The lowest BCUT2D eigenvalue weighted by atomic mass is 10.2. The Morgan fingerprint density at radius 1 is 1.44 bits per heavy atom. The van der Waals surface area contributed by atoms with Gasteiger partial charge >= 0.3 is 0 Å². The molecule has 3 rings (SSSR count). The Balaban J connectivity index is 1.70. The van der Waals surface area contributed by atoms with Gasteiger partial charge < -0.3 is 14.4 Å². The molecule has 0 atom stereocenters. The number of anilines is 1. The van der Waals surface area contributed by atoms with E-state index in [-0.39, 0.29) is 0 Å². The zero-order valence-corrected chi connectivity index (χ0v) is 10.6. The molecule has 0 aliphatic heterocycles. The van der Waals surface area contributed by atoms with E-state index in [0.717, 1.165) is 17.4 Å². The van der Waals surface area contributed by atoms with Crippen molar-refractivity contribution >= 4 is 5.95 Å². The van der Waals surface area contributed by atoms with Crippen LogP contribution < -0.4 is 5.32 Å². The van der Waals surface area contributed by atoms with Gasteiger partial charge in [0.2, 0.25) is 5.95 Å². The fourth-order valence-electron chi connectivity index (χ4n) is 2.50. The highest BCUT2D eigenvalue weighted by Crippen LogP contribution is 2.21. The van der Waals surface area contributed by atoms with Crippen LogP contribution in [0.4, 0.5) is 5.95 Å². The van der Waals surface area contributed by atoms with E-state index in [1.165, 1.54) is 25.7 Å². The summed E-state index contributed by atoms with van der Waals surface area (Å²) in [7, 11) is 0. The lowest BCUT2D eigenvalue weighted by Gasteiger charge is -2.13. The van der Waals surface area contributed by atoms with Crippen LogP contribution in [0.5, 0.6) is 0 Å². The van der Waals surface area contributed by atoms with Crippen LogP contribution in [-0.4, -0.2) is 20.7 Å². The molecule has 2 heterocycles. The normalized spacial score (nSPS) is 16.3. The quantitative estimate of drug-likeness (QED) is 0.900. The fraction of sp³-hybridized carbons (Fsp3) is 0.538. The van der Waals surface area contributed by atoms with E-state index in [9.17, 15) is 0 Å². The van der Waals surface area contributed by atoms with Crippen LogP contribution in [0.25, 0.3) is 0 Å². The molecular formula is C13H18N4O. The molecule has 0 saturated heterocycles. The third kappa shape index (κ3) is 2.39. The van der Waals surface area contributed by atoms with Crippen molar-refractivity contribution in [3.8, 4) is 0 Å². The van der Waals surface area contributed by atoms with Crippen molar-refractivity contribution in [2.75, 3.05) is 5.32 Å². The van der Waals surface area contributed by atoms with Gasteiger partial charge in [-0.2, -0.15) is 0 Å². The fourth-order valence-corrected chi connectivity index (χ4v) is 2.50. The molecule has 1 saturated carbocycles. The molecule has 0 radical (unpaired) electrons. The highest BCUT2D eigenvalue weighted by molar-refractivity contribution is 5.29. The second-order valence-corrected chi connectivity index (χ2v) is 4.93. The second-order valence-electron chi connectivity index (χ2n) is 4.93. The minimum atomic E-state index is 0.574. The van der Waals surface area contributed by atoms with Gasteiger partial charge in [0.1, 0.15) is 11.5 Å². The predicted molar refractivity (Wildman–Crippen MR) is 68.4 cm³/mol. The third-order valence-corrected chi connectivity index (χ3v) is 3.41. The summed E-state index contributed by atoms with van der Waals surface area (Å²) in [4.78, 5) is 4.38. The molecule has 18 heavy (non-hydrogen) atoms. The molecule has 0 amide bonds. The van der Waals surface area contributed by atoms with Gasteiger partial charge in [-0.3, -0.25) is 0 Å².